The maximum absolute atomic E-state index is 6.26. The predicted molar refractivity (Wildman–Crippen MR) is 257 cm³/mol. The number of furan rings is 1. The average molecular weight is 788 g/mol. The van der Waals surface area contributed by atoms with Crippen LogP contribution in [0.1, 0.15) is 16.7 Å². The first-order valence-electron chi connectivity index (χ1n) is 20.7. The van der Waals surface area contributed by atoms with E-state index in [1.165, 1.54) is 48.6 Å². The van der Waals surface area contributed by atoms with E-state index in [0.29, 0.717) is 0 Å². The van der Waals surface area contributed by atoms with Gasteiger partial charge in [-0.05, 0) is 118 Å². The lowest BCUT2D eigenvalue weighted by atomic mass is 10.0. The molecule has 1 aromatic heterocycles. The summed E-state index contributed by atoms with van der Waals surface area (Å²) in [5.74, 6) is 0. The summed E-state index contributed by atoms with van der Waals surface area (Å²) in [6.07, 6.45) is 0. The van der Waals surface area contributed by atoms with E-state index in [0.717, 1.165) is 50.1 Å². The summed E-state index contributed by atoms with van der Waals surface area (Å²) in [5, 5.41) is 7.75. The van der Waals surface area contributed by atoms with Crippen molar-refractivity contribution in [3.05, 3.63) is 235 Å². The van der Waals surface area contributed by atoms with Gasteiger partial charge in [-0.1, -0.05) is 180 Å². The lowest BCUT2D eigenvalue weighted by Crippen LogP contribution is -2.74. The van der Waals surface area contributed by atoms with Crippen LogP contribution >= 0.6 is 0 Å². The molecule has 0 spiro atoms. The Morgan fingerprint density at radius 3 is 1.18 bits per heavy atom. The van der Waals surface area contributed by atoms with Crippen LogP contribution in [-0.2, 0) is 0 Å². The molecule has 2 nitrogen and oxygen atoms in total. The van der Waals surface area contributed by atoms with Crippen LogP contribution in [-0.4, -0.2) is 8.07 Å². The standard InChI is InChI=1S/C57H45NOSi/c1-40-13-30-50(31-14-40)60(51-32-15-41(2)16-33-51,52-34-17-42(3)18-35-52)53-36-28-49(29-37-53)58(47-24-19-44(20-25-47)43-9-5-4-6-10-43)48-26-21-45(22-27-48)46-23-38-55-54-11-7-8-12-56(54)59-57(55)39-46/h4-39H,1-3H3. The molecule has 0 radical (unpaired) electrons. The van der Waals surface area contributed by atoms with Gasteiger partial charge in [0.2, 0.25) is 0 Å². The summed E-state index contributed by atoms with van der Waals surface area (Å²) in [4.78, 5) is 2.37. The van der Waals surface area contributed by atoms with Crippen LogP contribution in [0.2, 0.25) is 0 Å². The molecule has 288 valence electrons. The highest BCUT2D eigenvalue weighted by atomic mass is 28.3. The van der Waals surface area contributed by atoms with Gasteiger partial charge < -0.3 is 9.32 Å². The van der Waals surface area contributed by atoms with E-state index in [9.17, 15) is 0 Å². The third kappa shape index (κ3) is 6.73. The quantitative estimate of drug-likeness (QED) is 0.107. The maximum Gasteiger partial charge on any atom is 0.179 e. The zero-order chi connectivity index (χ0) is 40.6. The highest BCUT2D eigenvalue weighted by Gasteiger charge is 2.41. The van der Waals surface area contributed by atoms with Crippen molar-refractivity contribution in [1.29, 1.82) is 0 Å². The van der Waals surface area contributed by atoms with Gasteiger partial charge in [0.25, 0.3) is 0 Å². The molecule has 10 aromatic rings. The minimum absolute atomic E-state index is 0.902. The Balaban J connectivity index is 1.09. The van der Waals surface area contributed by atoms with Crippen LogP contribution in [0.25, 0.3) is 44.2 Å². The number of hydrogen-bond donors (Lipinski definition) is 0. The van der Waals surface area contributed by atoms with Crippen molar-refractivity contribution in [3.63, 3.8) is 0 Å². The van der Waals surface area contributed by atoms with Gasteiger partial charge in [-0.15, -0.1) is 0 Å². The molecule has 60 heavy (non-hydrogen) atoms. The number of nitrogens with zero attached hydrogens (tertiary/aromatic N) is 1. The first-order valence-corrected chi connectivity index (χ1v) is 22.7. The van der Waals surface area contributed by atoms with Gasteiger partial charge in [0, 0.05) is 27.8 Å². The largest absolute Gasteiger partial charge is 0.456 e. The SMILES string of the molecule is Cc1ccc([Si](c2ccc(C)cc2)(c2ccc(C)cc2)c2ccc(N(c3ccc(-c4ccccc4)cc3)c3ccc(-c4ccc5c(c4)oc4ccccc45)cc3)cc2)cc1. The molecule has 3 heteroatoms. The molecular weight excluding hydrogens is 743 g/mol. The lowest BCUT2D eigenvalue weighted by Gasteiger charge is -2.35. The average Bonchev–Trinajstić information content (AvgIpc) is 3.68. The zero-order valence-corrected chi connectivity index (χ0v) is 35.1. The Bertz CT molecular complexity index is 2950. The molecule has 0 aliphatic heterocycles. The van der Waals surface area contributed by atoms with Crippen molar-refractivity contribution >= 4 is 67.8 Å². The van der Waals surface area contributed by atoms with E-state index in [1.807, 2.05) is 12.1 Å². The summed E-state index contributed by atoms with van der Waals surface area (Å²) < 4.78 is 6.26. The maximum atomic E-state index is 6.26. The molecule has 0 bridgehead atoms. The first-order chi connectivity index (χ1) is 29.4. The van der Waals surface area contributed by atoms with E-state index >= 15 is 0 Å². The molecule has 0 fully saturated rings. The molecule has 0 amide bonds. The highest BCUT2D eigenvalue weighted by Crippen LogP contribution is 2.38. The van der Waals surface area contributed by atoms with Crippen LogP contribution in [0.3, 0.4) is 0 Å². The van der Waals surface area contributed by atoms with Crippen LogP contribution in [0.5, 0.6) is 0 Å². The monoisotopic (exact) mass is 787 g/mol. The van der Waals surface area contributed by atoms with Crippen LogP contribution in [0.4, 0.5) is 17.1 Å². The summed E-state index contributed by atoms with van der Waals surface area (Å²) in [5.41, 5.74) is 13.5. The van der Waals surface area contributed by atoms with Crippen LogP contribution < -0.4 is 25.6 Å². The molecule has 1 heterocycles. The van der Waals surface area contributed by atoms with E-state index in [4.69, 9.17) is 4.42 Å². The van der Waals surface area contributed by atoms with Gasteiger partial charge in [-0.25, -0.2) is 0 Å². The predicted octanol–water partition coefficient (Wildman–Crippen LogP) is 12.7. The van der Waals surface area contributed by atoms with Gasteiger partial charge in [0.15, 0.2) is 8.07 Å². The number of anilines is 3. The van der Waals surface area contributed by atoms with Gasteiger partial charge in [0.05, 0.1) is 0 Å². The first kappa shape index (κ1) is 37.1. The fourth-order valence-corrected chi connectivity index (χ4v) is 13.5. The van der Waals surface area contributed by atoms with Crippen molar-refractivity contribution in [3.8, 4) is 22.3 Å². The highest BCUT2D eigenvalue weighted by molar-refractivity contribution is 7.19. The number of para-hydroxylation sites is 1. The van der Waals surface area contributed by atoms with Crippen molar-refractivity contribution in [1.82, 2.24) is 0 Å². The van der Waals surface area contributed by atoms with Crippen molar-refractivity contribution in [2.24, 2.45) is 0 Å². The fraction of sp³-hybridized carbons (Fsp3) is 0.0526. The summed E-state index contributed by atoms with van der Waals surface area (Å²) in [6.45, 7) is 6.52. The number of hydrogen-bond acceptors (Lipinski definition) is 2. The van der Waals surface area contributed by atoms with Crippen LogP contribution in [0, 0.1) is 20.8 Å². The third-order valence-electron chi connectivity index (χ3n) is 12.1. The van der Waals surface area contributed by atoms with Gasteiger partial charge in [0.1, 0.15) is 11.2 Å². The minimum atomic E-state index is -2.73. The smallest absolute Gasteiger partial charge is 0.179 e. The van der Waals surface area contributed by atoms with Crippen LogP contribution in [0.15, 0.2) is 223 Å². The molecule has 0 saturated heterocycles. The molecular formula is C57H45NOSi. The Morgan fingerprint density at radius 1 is 0.317 bits per heavy atom. The van der Waals surface area contributed by atoms with Gasteiger partial charge in [-0.2, -0.15) is 0 Å². The molecule has 0 N–H and O–H groups in total. The van der Waals surface area contributed by atoms with E-state index < -0.39 is 8.07 Å². The topological polar surface area (TPSA) is 16.4 Å². The molecule has 9 aromatic carbocycles. The van der Waals surface area contributed by atoms with Gasteiger partial charge in [-0.3, -0.25) is 0 Å². The lowest BCUT2D eigenvalue weighted by molar-refractivity contribution is 0.669. The normalized spacial score (nSPS) is 11.6. The number of benzene rings is 9. The molecule has 10 rings (SSSR count). The second kappa shape index (κ2) is 15.5. The Hall–Kier alpha value is -7.20. The number of fused-ring (bicyclic) bond motifs is 3. The molecule has 0 aliphatic rings. The number of aryl methyl sites for hydroxylation is 3. The van der Waals surface area contributed by atoms with Gasteiger partial charge >= 0.3 is 0 Å². The van der Waals surface area contributed by atoms with E-state index in [2.05, 4.69) is 232 Å². The Kier molecular flexibility index (Phi) is 9.59. The Morgan fingerprint density at radius 2 is 0.683 bits per heavy atom. The van der Waals surface area contributed by atoms with Crippen molar-refractivity contribution in [2.75, 3.05) is 4.90 Å². The number of rotatable bonds is 9. The molecule has 0 unspecified atom stereocenters. The van der Waals surface area contributed by atoms with Crippen molar-refractivity contribution < 1.29 is 4.42 Å². The Labute approximate surface area is 353 Å². The third-order valence-corrected chi connectivity index (χ3v) is 16.9. The summed E-state index contributed by atoms with van der Waals surface area (Å²) in [6, 6.07) is 80.5. The van der Waals surface area contributed by atoms with E-state index in [1.54, 1.807) is 0 Å². The minimum Gasteiger partial charge on any atom is -0.456 e. The summed E-state index contributed by atoms with van der Waals surface area (Å²) in [7, 11) is -2.73. The van der Waals surface area contributed by atoms with E-state index in [-0.39, 0.29) is 0 Å². The molecule has 0 aliphatic carbocycles. The second-order valence-corrected chi connectivity index (χ2v) is 19.8. The second-order valence-electron chi connectivity index (χ2n) is 16.0. The van der Waals surface area contributed by atoms with Crippen molar-refractivity contribution in [2.45, 2.75) is 20.8 Å². The fourth-order valence-electron chi connectivity index (χ4n) is 8.86. The zero-order valence-electron chi connectivity index (χ0n) is 34.1. The molecule has 0 atom stereocenters. The summed E-state index contributed by atoms with van der Waals surface area (Å²) >= 11 is 0. The molecule has 0 saturated carbocycles.